The molecular formula is C10H11BrO2S. The van der Waals surface area contributed by atoms with E-state index in [4.69, 9.17) is 0 Å². The Kier molecular flexibility index (Phi) is 3.50. The van der Waals surface area contributed by atoms with Crippen molar-refractivity contribution in [3.05, 3.63) is 39.7 Å². The van der Waals surface area contributed by atoms with Crippen molar-refractivity contribution in [1.29, 1.82) is 0 Å². The average molecular weight is 275 g/mol. The molecular weight excluding hydrogens is 264 g/mol. The minimum absolute atomic E-state index is 0.203. The fourth-order valence-corrected chi connectivity index (χ4v) is 2.58. The molecule has 0 fully saturated rings. The summed E-state index contributed by atoms with van der Waals surface area (Å²) in [4.78, 5) is 0.313. The van der Waals surface area contributed by atoms with Gasteiger partial charge in [-0.25, -0.2) is 8.42 Å². The second kappa shape index (κ2) is 4.28. The van der Waals surface area contributed by atoms with Gasteiger partial charge in [0.25, 0.3) is 0 Å². The highest BCUT2D eigenvalue weighted by molar-refractivity contribution is 9.13. The van der Waals surface area contributed by atoms with Gasteiger partial charge in [-0.2, -0.15) is 0 Å². The first-order chi connectivity index (χ1) is 6.48. The molecule has 76 valence electrons. The fourth-order valence-electron chi connectivity index (χ4n) is 0.985. The van der Waals surface area contributed by atoms with Gasteiger partial charge < -0.3 is 0 Å². The van der Waals surface area contributed by atoms with E-state index in [-0.39, 0.29) is 3.81 Å². The molecule has 0 saturated carbocycles. The Morgan fingerprint density at radius 2 is 1.79 bits per heavy atom. The molecule has 0 amide bonds. The maximum absolute atomic E-state index is 11.8. The lowest BCUT2D eigenvalue weighted by Crippen LogP contribution is -1.99. The Labute approximate surface area is 92.7 Å². The van der Waals surface area contributed by atoms with Crippen LogP contribution in [0.1, 0.15) is 12.5 Å². The van der Waals surface area contributed by atoms with Crippen LogP contribution >= 0.6 is 15.9 Å². The molecule has 0 atom stereocenters. The number of rotatable bonds is 2. The van der Waals surface area contributed by atoms with Gasteiger partial charge >= 0.3 is 0 Å². The number of hydrogen-bond donors (Lipinski definition) is 0. The molecule has 0 N–H and O–H groups in total. The molecule has 0 spiro atoms. The third-order valence-electron chi connectivity index (χ3n) is 1.81. The summed E-state index contributed by atoms with van der Waals surface area (Å²) in [5.41, 5.74) is 1.04. The number of halogens is 1. The summed E-state index contributed by atoms with van der Waals surface area (Å²) in [6.07, 6.45) is 1.52. The van der Waals surface area contributed by atoms with Crippen LogP contribution in [0.4, 0.5) is 0 Å². The lowest BCUT2D eigenvalue weighted by molar-refractivity contribution is 0.604. The number of allylic oxidation sites excluding steroid dienone is 1. The maximum atomic E-state index is 11.8. The largest absolute Gasteiger partial charge is 0.218 e. The quantitative estimate of drug-likeness (QED) is 0.831. The summed E-state index contributed by atoms with van der Waals surface area (Å²) in [5.74, 6) is 0. The fraction of sp³-hybridized carbons (Fsp3) is 0.200. The zero-order valence-corrected chi connectivity index (χ0v) is 10.4. The number of aryl methyl sites for hydroxylation is 1. The van der Waals surface area contributed by atoms with E-state index in [2.05, 4.69) is 15.9 Å². The van der Waals surface area contributed by atoms with Gasteiger partial charge in [0, 0.05) is 0 Å². The van der Waals surface area contributed by atoms with E-state index in [0.29, 0.717) is 4.90 Å². The van der Waals surface area contributed by atoms with E-state index in [9.17, 15) is 8.42 Å². The summed E-state index contributed by atoms with van der Waals surface area (Å²) in [7, 11) is -3.33. The Balaban J connectivity index is 3.25. The molecule has 4 heteroatoms. The van der Waals surface area contributed by atoms with E-state index in [0.717, 1.165) is 5.56 Å². The standard InChI is InChI=1S/C10H11BrO2S/c1-3-10(11)14(12,13)9-6-4-8(2)5-7-9/h3-7H,1-2H3/b10-3+. The van der Waals surface area contributed by atoms with Crippen molar-refractivity contribution in [2.45, 2.75) is 18.7 Å². The molecule has 0 bridgehead atoms. The van der Waals surface area contributed by atoms with Crippen molar-refractivity contribution in [2.75, 3.05) is 0 Å². The maximum Gasteiger partial charge on any atom is 0.212 e. The molecule has 14 heavy (non-hydrogen) atoms. The zero-order valence-electron chi connectivity index (χ0n) is 7.99. The van der Waals surface area contributed by atoms with Gasteiger partial charge in [-0.05, 0) is 41.9 Å². The van der Waals surface area contributed by atoms with Crippen molar-refractivity contribution >= 4 is 25.8 Å². The molecule has 0 aliphatic rings. The second-order valence-electron chi connectivity index (χ2n) is 2.91. The molecule has 1 aromatic carbocycles. The van der Waals surface area contributed by atoms with Crippen molar-refractivity contribution in [1.82, 2.24) is 0 Å². The topological polar surface area (TPSA) is 34.1 Å². The van der Waals surface area contributed by atoms with Crippen LogP contribution in [0, 0.1) is 6.92 Å². The summed E-state index contributed by atoms with van der Waals surface area (Å²) in [5, 5.41) is 0. The molecule has 0 saturated heterocycles. The number of sulfone groups is 1. The van der Waals surface area contributed by atoms with Gasteiger partial charge in [-0.1, -0.05) is 23.8 Å². The molecule has 0 heterocycles. The second-order valence-corrected chi connectivity index (χ2v) is 6.21. The van der Waals surface area contributed by atoms with Crippen molar-refractivity contribution < 1.29 is 8.42 Å². The van der Waals surface area contributed by atoms with Crippen LogP contribution in [0.3, 0.4) is 0 Å². The Morgan fingerprint density at radius 3 is 2.21 bits per heavy atom. The van der Waals surface area contributed by atoms with E-state index in [1.165, 1.54) is 6.08 Å². The predicted molar refractivity (Wildman–Crippen MR) is 61.0 cm³/mol. The van der Waals surface area contributed by atoms with Gasteiger partial charge in [0.15, 0.2) is 0 Å². The summed E-state index contributed by atoms with van der Waals surface area (Å²) in [6, 6.07) is 6.77. The number of benzene rings is 1. The first kappa shape index (κ1) is 11.5. The third-order valence-corrected chi connectivity index (χ3v) is 5.19. The highest BCUT2D eigenvalue weighted by atomic mass is 79.9. The molecule has 0 radical (unpaired) electrons. The SMILES string of the molecule is C/C=C(\Br)S(=O)(=O)c1ccc(C)cc1. The van der Waals surface area contributed by atoms with Crippen molar-refractivity contribution in [3.8, 4) is 0 Å². The Bertz CT molecular complexity index is 444. The lowest BCUT2D eigenvalue weighted by atomic mass is 10.2. The van der Waals surface area contributed by atoms with Crippen LogP contribution in [-0.4, -0.2) is 8.42 Å². The van der Waals surface area contributed by atoms with Crippen LogP contribution in [0.25, 0.3) is 0 Å². The normalized spacial score (nSPS) is 12.9. The van der Waals surface area contributed by atoms with E-state index < -0.39 is 9.84 Å². The van der Waals surface area contributed by atoms with Gasteiger partial charge in [0.2, 0.25) is 9.84 Å². The molecule has 0 aromatic heterocycles. The first-order valence-electron chi connectivity index (χ1n) is 4.12. The van der Waals surface area contributed by atoms with Gasteiger partial charge in [-0.15, -0.1) is 0 Å². The molecule has 0 aliphatic heterocycles. The van der Waals surface area contributed by atoms with Gasteiger partial charge in [0.1, 0.15) is 3.81 Å². The lowest BCUT2D eigenvalue weighted by Gasteiger charge is -2.02. The average Bonchev–Trinajstić information content (AvgIpc) is 2.17. The molecule has 0 aliphatic carbocycles. The zero-order chi connectivity index (χ0) is 10.8. The van der Waals surface area contributed by atoms with E-state index in [1.807, 2.05) is 6.92 Å². The Hall–Kier alpha value is -0.610. The minimum Gasteiger partial charge on any atom is -0.218 e. The molecule has 2 nitrogen and oxygen atoms in total. The van der Waals surface area contributed by atoms with E-state index >= 15 is 0 Å². The van der Waals surface area contributed by atoms with Gasteiger partial charge in [0.05, 0.1) is 4.90 Å². The Morgan fingerprint density at radius 1 is 1.29 bits per heavy atom. The third kappa shape index (κ3) is 2.25. The van der Waals surface area contributed by atoms with Crippen LogP contribution in [0.5, 0.6) is 0 Å². The van der Waals surface area contributed by atoms with Crippen LogP contribution in [0.2, 0.25) is 0 Å². The van der Waals surface area contributed by atoms with Crippen molar-refractivity contribution in [2.24, 2.45) is 0 Å². The monoisotopic (exact) mass is 274 g/mol. The number of hydrogen-bond acceptors (Lipinski definition) is 2. The molecule has 1 rings (SSSR count). The summed E-state index contributed by atoms with van der Waals surface area (Å²) >= 11 is 3.03. The van der Waals surface area contributed by atoms with Crippen LogP contribution in [-0.2, 0) is 9.84 Å². The molecule has 0 unspecified atom stereocenters. The first-order valence-corrected chi connectivity index (χ1v) is 6.39. The van der Waals surface area contributed by atoms with E-state index in [1.54, 1.807) is 31.2 Å². The summed E-state index contributed by atoms with van der Waals surface area (Å²) in [6.45, 7) is 3.59. The van der Waals surface area contributed by atoms with Crippen molar-refractivity contribution in [3.63, 3.8) is 0 Å². The summed E-state index contributed by atoms with van der Waals surface area (Å²) < 4.78 is 23.7. The highest BCUT2D eigenvalue weighted by Crippen LogP contribution is 2.23. The highest BCUT2D eigenvalue weighted by Gasteiger charge is 2.16. The smallest absolute Gasteiger partial charge is 0.212 e. The predicted octanol–water partition coefficient (Wildman–Crippen LogP) is 3.02. The van der Waals surface area contributed by atoms with Crippen LogP contribution < -0.4 is 0 Å². The molecule has 1 aromatic rings. The minimum atomic E-state index is -3.33. The van der Waals surface area contributed by atoms with Gasteiger partial charge in [-0.3, -0.25) is 0 Å². The van der Waals surface area contributed by atoms with Crippen LogP contribution in [0.15, 0.2) is 39.1 Å².